The number of benzene rings is 2. The van der Waals surface area contributed by atoms with E-state index in [9.17, 15) is 29.5 Å². The first kappa shape index (κ1) is 26.7. The van der Waals surface area contributed by atoms with E-state index in [-0.39, 0.29) is 46.3 Å². The highest BCUT2D eigenvalue weighted by Gasteiger charge is 2.67. The highest BCUT2D eigenvalue weighted by molar-refractivity contribution is 5.99. The van der Waals surface area contributed by atoms with Crippen LogP contribution in [0.2, 0.25) is 0 Å². The summed E-state index contributed by atoms with van der Waals surface area (Å²) in [7, 11) is 0. The van der Waals surface area contributed by atoms with Crippen LogP contribution in [-0.2, 0) is 0 Å². The molecule has 1 atom stereocenters. The number of alkyl halides is 3. The third-order valence-electron chi connectivity index (χ3n) is 6.96. The molecule has 0 saturated heterocycles. The van der Waals surface area contributed by atoms with E-state index in [1.54, 1.807) is 6.07 Å². The molecular weight excluding hydrogens is 536 g/mol. The van der Waals surface area contributed by atoms with Gasteiger partial charge in [0.05, 0.1) is 35.4 Å². The number of nitriles is 2. The van der Waals surface area contributed by atoms with Crippen LogP contribution in [0.1, 0.15) is 57.7 Å². The standard InChI is InChI=1S/C29H28F4N8/c1-27(2,3)16-37-25-19(13-35)14-36-24-18(12-34)10-21(11-22(24)25)38-26(17-4-6-20(30)7-5-17)23-15-41(40-39-23)28(8-9-28)29(31,32)33/h4-7,10-11,14-15,26,38-40H,8-9,16H2,1-3H3,(H,36,37)/t26-/m1/s1/i26D. The molecule has 1 fully saturated rings. The first-order chi connectivity index (χ1) is 19.7. The monoisotopic (exact) mass is 565 g/mol. The van der Waals surface area contributed by atoms with E-state index < -0.39 is 23.6 Å². The number of anilines is 2. The molecule has 2 aromatic carbocycles. The van der Waals surface area contributed by atoms with Gasteiger partial charge in [0.1, 0.15) is 18.0 Å². The Hall–Kier alpha value is -4.55. The Morgan fingerprint density at radius 3 is 2.39 bits per heavy atom. The minimum Gasteiger partial charge on any atom is -0.383 e. The molecule has 5 rings (SSSR count). The number of halogens is 4. The lowest BCUT2D eigenvalue weighted by Crippen LogP contribution is -2.52. The highest BCUT2D eigenvalue weighted by atomic mass is 19.4. The molecule has 3 aromatic rings. The van der Waals surface area contributed by atoms with Gasteiger partial charge in [0.15, 0.2) is 5.54 Å². The van der Waals surface area contributed by atoms with Crippen molar-refractivity contribution in [3.8, 4) is 12.1 Å². The van der Waals surface area contributed by atoms with E-state index in [2.05, 4.69) is 38.7 Å². The predicted molar refractivity (Wildman–Crippen MR) is 146 cm³/mol. The Labute approximate surface area is 236 Å². The molecule has 0 unspecified atom stereocenters. The van der Waals surface area contributed by atoms with Crippen LogP contribution in [0.4, 0.5) is 28.9 Å². The predicted octanol–water partition coefficient (Wildman–Crippen LogP) is 5.99. The number of hydrogen-bond acceptors (Lipinski definition) is 8. The minimum absolute atomic E-state index is 0.0122. The van der Waals surface area contributed by atoms with Crippen LogP contribution in [-0.4, -0.2) is 28.3 Å². The second-order valence-electron chi connectivity index (χ2n) is 11.3. The lowest BCUT2D eigenvalue weighted by Gasteiger charge is -2.28. The molecule has 2 heterocycles. The highest BCUT2D eigenvalue weighted by Crippen LogP contribution is 2.53. The maximum atomic E-state index is 13.8. The summed E-state index contributed by atoms with van der Waals surface area (Å²) in [6.45, 7) is 6.55. The number of hydrogen-bond donors (Lipinski definition) is 4. The number of hydrazine groups is 2. The molecule has 1 aliphatic heterocycles. The van der Waals surface area contributed by atoms with E-state index in [0.29, 0.717) is 23.1 Å². The van der Waals surface area contributed by atoms with Gasteiger partial charge < -0.3 is 16.1 Å². The smallest absolute Gasteiger partial charge is 0.383 e. The van der Waals surface area contributed by atoms with E-state index in [4.69, 9.17) is 0 Å². The molecule has 1 saturated carbocycles. The van der Waals surface area contributed by atoms with E-state index in [1.807, 2.05) is 20.8 Å². The van der Waals surface area contributed by atoms with Gasteiger partial charge in [-0.25, -0.2) is 4.39 Å². The maximum absolute atomic E-state index is 13.8. The molecule has 0 amide bonds. The molecule has 2 aliphatic rings. The lowest BCUT2D eigenvalue weighted by atomic mass is 9.96. The molecule has 1 aliphatic carbocycles. The number of pyridine rings is 1. The maximum Gasteiger partial charge on any atom is 0.413 e. The third kappa shape index (κ3) is 5.43. The first-order valence-corrected chi connectivity index (χ1v) is 12.9. The summed E-state index contributed by atoms with van der Waals surface area (Å²) < 4.78 is 64.9. The van der Waals surface area contributed by atoms with Gasteiger partial charge in [-0.05, 0) is 48.1 Å². The fraction of sp³-hybridized carbons (Fsp3) is 0.345. The van der Waals surface area contributed by atoms with Gasteiger partial charge in [-0.2, -0.15) is 23.7 Å². The molecule has 12 heteroatoms. The van der Waals surface area contributed by atoms with Crippen LogP contribution in [0, 0.1) is 33.9 Å². The summed E-state index contributed by atoms with van der Waals surface area (Å²) in [5, 5.41) is 27.4. The molecule has 4 N–H and O–H groups in total. The summed E-state index contributed by atoms with van der Waals surface area (Å²) in [5.41, 5.74) is 4.66. The number of rotatable bonds is 7. The fourth-order valence-electron chi connectivity index (χ4n) is 4.60. The second kappa shape index (κ2) is 10.1. The van der Waals surface area contributed by atoms with E-state index in [1.165, 1.54) is 30.6 Å². The van der Waals surface area contributed by atoms with Gasteiger partial charge in [0, 0.05) is 30.0 Å². The molecular formula is C29H28F4N8. The van der Waals surface area contributed by atoms with Crippen LogP contribution in [0.5, 0.6) is 0 Å². The van der Waals surface area contributed by atoms with Crippen LogP contribution in [0.15, 0.2) is 54.5 Å². The van der Waals surface area contributed by atoms with Gasteiger partial charge in [0.25, 0.3) is 0 Å². The third-order valence-corrected chi connectivity index (χ3v) is 6.96. The van der Waals surface area contributed by atoms with E-state index >= 15 is 0 Å². The number of aromatic nitrogens is 1. The molecule has 1 aromatic heterocycles. The molecule has 0 spiro atoms. The largest absolute Gasteiger partial charge is 0.413 e. The summed E-state index contributed by atoms with van der Waals surface area (Å²) in [6, 6.07) is 10.4. The fourth-order valence-corrected chi connectivity index (χ4v) is 4.60. The zero-order valence-electron chi connectivity index (χ0n) is 23.5. The Bertz CT molecular complexity index is 1650. The number of nitrogens with one attached hydrogen (secondary N) is 4. The van der Waals surface area contributed by atoms with Gasteiger partial charge in [-0.1, -0.05) is 32.9 Å². The summed E-state index contributed by atoms with van der Waals surface area (Å²) in [4.78, 5) is 4.33. The van der Waals surface area contributed by atoms with Crippen molar-refractivity contribution in [1.29, 1.82) is 10.5 Å². The van der Waals surface area contributed by atoms with Crippen molar-refractivity contribution in [3.05, 3.63) is 77.0 Å². The second-order valence-corrected chi connectivity index (χ2v) is 11.3. The average molecular weight is 566 g/mol. The minimum atomic E-state index is -4.51. The number of nitrogens with zero attached hydrogens (tertiary/aromatic N) is 4. The lowest BCUT2D eigenvalue weighted by molar-refractivity contribution is -0.195. The molecule has 41 heavy (non-hydrogen) atoms. The van der Waals surface area contributed by atoms with Crippen LogP contribution in [0.3, 0.4) is 0 Å². The van der Waals surface area contributed by atoms with E-state index in [0.717, 1.165) is 17.1 Å². The van der Waals surface area contributed by atoms with Crippen LogP contribution in [0.25, 0.3) is 10.9 Å². The normalized spacial score (nSPS) is 17.9. The quantitative estimate of drug-likeness (QED) is 0.259. The zero-order chi connectivity index (χ0) is 30.5. The Morgan fingerprint density at radius 2 is 1.80 bits per heavy atom. The first-order valence-electron chi connectivity index (χ1n) is 13.4. The van der Waals surface area contributed by atoms with Crippen LogP contribution >= 0.6 is 0 Å². The van der Waals surface area contributed by atoms with Gasteiger partial charge >= 0.3 is 6.18 Å². The summed E-state index contributed by atoms with van der Waals surface area (Å²) in [5.74, 6) is -0.551. The molecule has 0 bridgehead atoms. The van der Waals surface area contributed by atoms with Gasteiger partial charge in [-0.3, -0.25) is 9.99 Å². The summed E-state index contributed by atoms with van der Waals surface area (Å²) >= 11 is 0. The molecule has 212 valence electrons. The molecule has 0 radical (unpaired) electrons. The summed E-state index contributed by atoms with van der Waals surface area (Å²) in [6.07, 6.45) is -2.17. The SMILES string of the molecule is [2H][C@](Nc1cc(C#N)c2ncc(C#N)c(NCC(C)(C)C)c2c1)(C1=CN(C2(C(F)(F)F)CC2)NN1)c1ccc(F)cc1. The zero-order valence-corrected chi connectivity index (χ0v) is 22.5. The van der Waals surface area contributed by atoms with Crippen molar-refractivity contribution in [2.45, 2.75) is 51.3 Å². The van der Waals surface area contributed by atoms with Crippen molar-refractivity contribution in [3.63, 3.8) is 0 Å². The van der Waals surface area contributed by atoms with Gasteiger partial charge in [0.2, 0.25) is 0 Å². The topological polar surface area (TPSA) is 112 Å². The van der Waals surface area contributed by atoms with Crippen LogP contribution < -0.4 is 21.6 Å². The van der Waals surface area contributed by atoms with Gasteiger partial charge in [-0.15, -0.1) is 5.53 Å². The van der Waals surface area contributed by atoms with Crippen molar-refractivity contribution < 1.29 is 18.9 Å². The average Bonchev–Trinajstić information content (AvgIpc) is 3.61. The Kier molecular flexibility index (Phi) is 6.59. The Morgan fingerprint density at radius 1 is 1.12 bits per heavy atom. The number of fused-ring (bicyclic) bond motifs is 1. The van der Waals surface area contributed by atoms with Crippen molar-refractivity contribution >= 4 is 22.3 Å². The Balaban J connectivity index is 1.63. The van der Waals surface area contributed by atoms with Crippen molar-refractivity contribution in [1.82, 2.24) is 21.0 Å². The molecule has 8 nitrogen and oxygen atoms in total. The van der Waals surface area contributed by atoms with Crippen molar-refractivity contribution in [2.75, 3.05) is 17.2 Å². The van der Waals surface area contributed by atoms with Crippen molar-refractivity contribution in [2.24, 2.45) is 5.41 Å².